The van der Waals surface area contributed by atoms with Gasteiger partial charge in [0.25, 0.3) is 0 Å². The Kier molecular flexibility index (Phi) is 6.16. The zero-order chi connectivity index (χ0) is 14.7. The molecule has 8 heteroatoms. The van der Waals surface area contributed by atoms with Crippen molar-refractivity contribution in [2.45, 2.75) is 25.3 Å². The number of piperidine rings is 1. The summed E-state index contributed by atoms with van der Waals surface area (Å²) in [5, 5.41) is 11.4. The molecule has 124 valence electrons. The Morgan fingerprint density at radius 3 is 3.09 bits per heavy atom. The summed E-state index contributed by atoms with van der Waals surface area (Å²) in [5.41, 5.74) is 0.285. The molecule has 2 atom stereocenters. The molecule has 0 bridgehead atoms. The van der Waals surface area contributed by atoms with E-state index in [4.69, 9.17) is 0 Å². The van der Waals surface area contributed by atoms with E-state index in [9.17, 15) is 4.79 Å². The standard InChI is InChI=1S/C14H23N5O2.ClH/c1-21-14(20)13-10-19(17-16-13)12-4-6-18(9-12)8-11-3-2-5-15-7-11;/h10-12,15H,2-9H2,1H3;1H. The first-order valence-electron chi connectivity index (χ1n) is 7.69. The number of nitrogens with zero attached hydrogens (tertiary/aromatic N) is 4. The van der Waals surface area contributed by atoms with E-state index in [1.165, 1.54) is 20.0 Å². The number of likely N-dealkylation sites (tertiary alicyclic amines) is 1. The van der Waals surface area contributed by atoms with Crippen LogP contribution in [0.1, 0.15) is 35.8 Å². The van der Waals surface area contributed by atoms with E-state index < -0.39 is 5.97 Å². The Labute approximate surface area is 136 Å². The smallest absolute Gasteiger partial charge is 0.360 e. The number of methoxy groups -OCH3 is 1. The van der Waals surface area contributed by atoms with Gasteiger partial charge in [-0.3, -0.25) is 0 Å². The molecule has 2 unspecified atom stereocenters. The fraction of sp³-hybridized carbons (Fsp3) is 0.786. The number of rotatable bonds is 4. The second kappa shape index (κ2) is 7.89. The van der Waals surface area contributed by atoms with Crippen molar-refractivity contribution in [3.63, 3.8) is 0 Å². The zero-order valence-electron chi connectivity index (χ0n) is 12.9. The molecule has 7 nitrogen and oxygen atoms in total. The summed E-state index contributed by atoms with van der Waals surface area (Å²) >= 11 is 0. The third-order valence-electron chi connectivity index (χ3n) is 4.44. The van der Waals surface area contributed by atoms with Crippen LogP contribution in [0.15, 0.2) is 6.20 Å². The molecule has 3 rings (SSSR count). The van der Waals surface area contributed by atoms with Crippen LogP contribution in [0.4, 0.5) is 0 Å². The monoisotopic (exact) mass is 329 g/mol. The van der Waals surface area contributed by atoms with Crippen molar-refractivity contribution in [3.05, 3.63) is 11.9 Å². The lowest BCUT2D eigenvalue weighted by molar-refractivity contribution is 0.0594. The zero-order valence-corrected chi connectivity index (χ0v) is 13.7. The SMILES string of the molecule is COC(=O)c1cn(C2CCN(CC3CCCNC3)C2)nn1.Cl. The number of carbonyl (C=O) groups excluding carboxylic acids is 1. The number of esters is 1. The minimum atomic E-state index is -0.426. The lowest BCUT2D eigenvalue weighted by atomic mass is 9.99. The number of hydrogen-bond donors (Lipinski definition) is 1. The summed E-state index contributed by atoms with van der Waals surface area (Å²) in [4.78, 5) is 13.9. The number of carbonyl (C=O) groups is 1. The first-order valence-corrected chi connectivity index (χ1v) is 7.69. The Morgan fingerprint density at radius 1 is 1.50 bits per heavy atom. The van der Waals surface area contributed by atoms with Gasteiger partial charge in [0.1, 0.15) is 0 Å². The number of halogens is 1. The average Bonchev–Trinajstić information content (AvgIpc) is 3.16. The number of nitrogens with one attached hydrogen (secondary N) is 1. The van der Waals surface area contributed by atoms with Gasteiger partial charge in [0.05, 0.1) is 19.3 Å². The minimum Gasteiger partial charge on any atom is -0.464 e. The van der Waals surface area contributed by atoms with Gasteiger partial charge in [-0.1, -0.05) is 5.21 Å². The van der Waals surface area contributed by atoms with E-state index in [0.29, 0.717) is 6.04 Å². The van der Waals surface area contributed by atoms with Gasteiger partial charge in [-0.25, -0.2) is 9.48 Å². The molecule has 0 radical (unpaired) electrons. The van der Waals surface area contributed by atoms with Crippen molar-refractivity contribution >= 4 is 18.4 Å². The van der Waals surface area contributed by atoms with Crippen LogP contribution in [0, 0.1) is 5.92 Å². The number of aromatic nitrogens is 3. The first kappa shape index (κ1) is 17.2. The fourth-order valence-electron chi connectivity index (χ4n) is 3.29. The van der Waals surface area contributed by atoms with Crippen molar-refractivity contribution in [3.8, 4) is 0 Å². The molecule has 2 saturated heterocycles. The van der Waals surface area contributed by atoms with Crippen LogP contribution >= 0.6 is 12.4 Å². The molecule has 0 spiro atoms. The van der Waals surface area contributed by atoms with E-state index >= 15 is 0 Å². The molecule has 0 aliphatic carbocycles. The third-order valence-corrected chi connectivity index (χ3v) is 4.44. The van der Waals surface area contributed by atoms with E-state index in [1.54, 1.807) is 6.20 Å². The van der Waals surface area contributed by atoms with Crippen LogP contribution in [0.2, 0.25) is 0 Å². The molecule has 1 N–H and O–H groups in total. The molecule has 2 aliphatic heterocycles. The molecular weight excluding hydrogens is 306 g/mol. The Bertz CT molecular complexity index is 489. The van der Waals surface area contributed by atoms with Gasteiger partial charge in [0.2, 0.25) is 0 Å². The molecular formula is C14H24ClN5O2. The molecule has 1 aromatic rings. The summed E-state index contributed by atoms with van der Waals surface area (Å²) in [6.07, 6.45) is 5.36. The molecule has 2 aliphatic rings. The van der Waals surface area contributed by atoms with Crippen molar-refractivity contribution < 1.29 is 9.53 Å². The summed E-state index contributed by atoms with van der Waals surface area (Å²) in [5.74, 6) is 0.336. The maximum absolute atomic E-state index is 11.4. The van der Waals surface area contributed by atoms with Gasteiger partial charge >= 0.3 is 5.97 Å². The molecule has 0 saturated carbocycles. The maximum atomic E-state index is 11.4. The average molecular weight is 330 g/mol. The Hall–Kier alpha value is -1.18. The van der Waals surface area contributed by atoms with Gasteiger partial charge in [0.15, 0.2) is 5.69 Å². The van der Waals surface area contributed by atoms with Gasteiger partial charge < -0.3 is 15.0 Å². The molecule has 3 heterocycles. The first-order chi connectivity index (χ1) is 10.3. The summed E-state index contributed by atoms with van der Waals surface area (Å²) in [7, 11) is 1.36. The minimum absolute atomic E-state index is 0. The van der Waals surface area contributed by atoms with Crippen molar-refractivity contribution in [1.82, 2.24) is 25.2 Å². The van der Waals surface area contributed by atoms with Crippen LogP contribution in [0.3, 0.4) is 0 Å². The quantitative estimate of drug-likeness (QED) is 0.821. The fourth-order valence-corrected chi connectivity index (χ4v) is 3.29. The predicted molar refractivity (Wildman–Crippen MR) is 84.3 cm³/mol. The maximum Gasteiger partial charge on any atom is 0.360 e. The van der Waals surface area contributed by atoms with Crippen LogP contribution in [0.5, 0.6) is 0 Å². The highest BCUT2D eigenvalue weighted by molar-refractivity contribution is 5.86. The van der Waals surface area contributed by atoms with Crippen molar-refractivity contribution in [1.29, 1.82) is 0 Å². The normalized spacial score (nSPS) is 25.7. The lowest BCUT2D eigenvalue weighted by Crippen LogP contribution is -2.37. The Morgan fingerprint density at radius 2 is 2.36 bits per heavy atom. The van der Waals surface area contributed by atoms with Gasteiger partial charge in [-0.2, -0.15) is 0 Å². The van der Waals surface area contributed by atoms with E-state index in [2.05, 4.69) is 25.3 Å². The second-order valence-corrected chi connectivity index (χ2v) is 5.99. The largest absolute Gasteiger partial charge is 0.464 e. The third kappa shape index (κ3) is 3.97. The highest BCUT2D eigenvalue weighted by Gasteiger charge is 2.27. The van der Waals surface area contributed by atoms with Crippen molar-refractivity contribution in [2.75, 3.05) is 39.8 Å². The highest BCUT2D eigenvalue weighted by Crippen LogP contribution is 2.23. The van der Waals surface area contributed by atoms with Gasteiger partial charge in [-0.15, -0.1) is 17.5 Å². The Balaban J connectivity index is 0.00000176. The molecule has 0 amide bonds. The van der Waals surface area contributed by atoms with Crippen LogP contribution < -0.4 is 5.32 Å². The number of ether oxygens (including phenoxy) is 1. The highest BCUT2D eigenvalue weighted by atomic mass is 35.5. The molecule has 1 aromatic heterocycles. The van der Waals surface area contributed by atoms with Gasteiger partial charge in [0, 0.05) is 19.6 Å². The molecule has 22 heavy (non-hydrogen) atoms. The van der Waals surface area contributed by atoms with Crippen molar-refractivity contribution in [2.24, 2.45) is 5.92 Å². The summed E-state index contributed by atoms with van der Waals surface area (Å²) in [6.45, 7) is 5.53. The van der Waals surface area contributed by atoms with E-state index in [-0.39, 0.29) is 18.1 Å². The summed E-state index contributed by atoms with van der Waals surface area (Å²) in [6, 6.07) is 0.312. The summed E-state index contributed by atoms with van der Waals surface area (Å²) < 4.78 is 6.47. The molecule has 0 aromatic carbocycles. The van der Waals surface area contributed by atoms with Crippen LogP contribution in [-0.4, -0.2) is 65.7 Å². The van der Waals surface area contributed by atoms with Gasteiger partial charge in [-0.05, 0) is 38.3 Å². The molecule has 2 fully saturated rings. The van der Waals surface area contributed by atoms with E-state index in [1.807, 2.05) is 4.68 Å². The number of hydrogen-bond acceptors (Lipinski definition) is 6. The predicted octanol–water partition coefficient (Wildman–Crippen LogP) is 0.733. The second-order valence-electron chi connectivity index (χ2n) is 5.99. The lowest BCUT2D eigenvalue weighted by Gasteiger charge is -2.27. The van der Waals surface area contributed by atoms with E-state index in [0.717, 1.165) is 45.1 Å². The van der Waals surface area contributed by atoms with Crippen LogP contribution in [0.25, 0.3) is 0 Å². The van der Waals surface area contributed by atoms with Crippen LogP contribution in [-0.2, 0) is 4.74 Å². The topological polar surface area (TPSA) is 72.3 Å².